The van der Waals surface area contributed by atoms with Gasteiger partial charge in [-0.1, -0.05) is 35.4 Å². The van der Waals surface area contributed by atoms with Gasteiger partial charge in [0.1, 0.15) is 0 Å². The van der Waals surface area contributed by atoms with Crippen LogP contribution < -0.4 is 0 Å². The van der Waals surface area contributed by atoms with E-state index in [0.29, 0.717) is 17.9 Å². The molecule has 0 saturated heterocycles. The maximum absolute atomic E-state index is 11.4. The first-order valence-corrected chi connectivity index (χ1v) is 7.02. The molecule has 2 rings (SSSR count). The predicted molar refractivity (Wildman–Crippen MR) is 77.6 cm³/mol. The summed E-state index contributed by atoms with van der Waals surface area (Å²) in [5, 5.41) is 11.4. The smallest absolute Gasteiger partial charge is 0.211 e. The molecule has 1 atom stereocenters. The number of rotatable bonds is 5. The van der Waals surface area contributed by atoms with E-state index in [9.17, 15) is 14.9 Å². The summed E-state index contributed by atoms with van der Waals surface area (Å²) < 4.78 is 0. The second kappa shape index (κ2) is 6.66. The lowest BCUT2D eigenvalue weighted by Crippen LogP contribution is -2.15. The molecule has 0 fully saturated rings. The minimum absolute atomic E-state index is 0.116. The summed E-state index contributed by atoms with van der Waals surface area (Å²) in [5.74, 6) is -0.166. The van der Waals surface area contributed by atoms with Gasteiger partial charge in [-0.3, -0.25) is 14.9 Å². The average molecular weight is 294 g/mol. The molecule has 0 bridgehead atoms. The summed E-state index contributed by atoms with van der Waals surface area (Å²) in [7, 11) is 0. The molecule has 1 aliphatic carbocycles. The first kappa shape index (κ1) is 14.7. The Hall–Kier alpha value is -1.68. The summed E-state index contributed by atoms with van der Waals surface area (Å²) in [4.78, 5) is 22.0. The highest BCUT2D eigenvalue weighted by Crippen LogP contribution is 2.32. The minimum Gasteiger partial charge on any atom is -0.295 e. The summed E-state index contributed by atoms with van der Waals surface area (Å²) in [6, 6.07) is 7.19. The summed E-state index contributed by atoms with van der Waals surface area (Å²) in [6.45, 7) is -0.171. The highest BCUT2D eigenvalue weighted by molar-refractivity contribution is 6.31. The van der Waals surface area contributed by atoms with Crippen molar-refractivity contribution in [3.63, 3.8) is 0 Å². The van der Waals surface area contributed by atoms with Gasteiger partial charge in [0.2, 0.25) is 6.54 Å². The zero-order valence-electron chi connectivity index (χ0n) is 11.0. The number of nitro groups is 1. The van der Waals surface area contributed by atoms with Gasteiger partial charge in [-0.2, -0.15) is 0 Å². The molecule has 0 heterocycles. The fourth-order valence-corrected chi connectivity index (χ4v) is 2.89. The first-order valence-electron chi connectivity index (χ1n) is 6.65. The highest BCUT2D eigenvalue weighted by atomic mass is 35.5. The Balaban J connectivity index is 2.22. The summed E-state index contributed by atoms with van der Waals surface area (Å²) in [5.41, 5.74) is 1.78. The quantitative estimate of drug-likeness (QED) is 0.613. The van der Waals surface area contributed by atoms with Gasteiger partial charge >= 0.3 is 0 Å². The van der Waals surface area contributed by atoms with Gasteiger partial charge in [-0.15, -0.1) is 0 Å². The molecule has 0 aliphatic heterocycles. The Morgan fingerprint density at radius 3 is 2.70 bits per heavy atom. The number of hydrogen-bond acceptors (Lipinski definition) is 3. The van der Waals surface area contributed by atoms with Gasteiger partial charge in [-0.25, -0.2) is 0 Å². The van der Waals surface area contributed by atoms with Crippen LogP contribution >= 0.6 is 11.6 Å². The molecule has 0 unspecified atom stereocenters. The van der Waals surface area contributed by atoms with Crippen LogP contribution in [0.4, 0.5) is 0 Å². The zero-order valence-corrected chi connectivity index (χ0v) is 11.8. The van der Waals surface area contributed by atoms with Crippen molar-refractivity contribution in [1.29, 1.82) is 0 Å². The fourth-order valence-electron chi connectivity index (χ4n) is 2.60. The lowest BCUT2D eigenvalue weighted by Gasteiger charge is -2.18. The second-order valence-electron chi connectivity index (χ2n) is 5.06. The molecule has 1 aromatic carbocycles. The van der Waals surface area contributed by atoms with Crippen LogP contribution in [0.1, 0.15) is 37.2 Å². The maximum atomic E-state index is 11.4. The monoisotopic (exact) mass is 293 g/mol. The minimum atomic E-state index is -0.320. The number of nitrogens with zero attached hydrogens (tertiary/aromatic N) is 1. The maximum Gasteiger partial charge on any atom is 0.211 e. The number of benzene rings is 1. The van der Waals surface area contributed by atoms with Crippen molar-refractivity contribution in [3.8, 4) is 0 Å². The van der Waals surface area contributed by atoms with Gasteiger partial charge in [-0.05, 0) is 37.0 Å². The molecule has 5 heteroatoms. The lowest BCUT2D eigenvalue weighted by atomic mass is 9.87. The molecule has 0 N–H and O–H groups in total. The number of halogens is 1. The molecule has 0 saturated carbocycles. The molecule has 0 spiro atoms. The molecular formula is C15H16ClNO3. The predicted octanol–water partition coefficient (Wildman–Crippen LogP) is 3.77. The number of carbonyl (C=O) groups excluding carboxylic acids is 1. The van der Waals surface area contributed by atoms with Crippen molar-refractivity contribution in [1.82, 2.24) is 0 Å². The van der Waals surface area contributed by atoms with Crippen molar-refractivity contribution >= 4 is 17.4 Å². The molecule has 0 amide bonds. The Morgan fingerprint density at radius 1 is 1.30 bits per heavy atom. The molecule has 20 heavy (non-hydrogen) atoms. The highest BCUT2D eigenvalue weighted by Gasteiger charge is 2.23. The topological polar surface area (TPSA) is 60.2 Å². The Labute approximate surface area is 122 Å². The van der Waals surface area contributed by atoms with Crippen molar-refractivity contribution in [2.45, 2.75) is 31.6 Å². The van der Waals surface area contributed by atoms with Crippen LogP contribution in [0.5, 0.6) is 0 Å². The number of carbonyl (C=O) groups is 1. The average Bonchev–Trinajstić information content (AvgIpc) is 2.38. The van der Waals surface area contributed by atoms with E-state index in [4.69, 9.17) is 11.6 Å². The molecule has 106 valence electrons. The van der Waals surface area contributed by atoms with Crippen LogP contribution in [0.15, 0.2) is 35.9 Å². The Kier molecular flexibility index (Phi) is 4.90. The normalized spacial score (nSPS) is 16.6. The number of hydrogen-bond donors (Lipinski definition) is 0. The van der Waals surface area contributed by atoms with E-state index < -0.39 is 0 Å². The van der Waals surface area contributed by atoms with E-state index >= 15 is 0 Å². The van der Waals surface area contributed by atoms with Crippen LogP contribution in [-0.4, -0.2) is 17.3 Å². The third kappa shape index (κ3) is 3.90. The van der Waals surface area contributed by atoms with Gasteiger partial charge in [0.05, 0.1) is 5.92 Å². The lowest BCUT2D eigenvalue weighted by molar-refractivity contribution is -0.483. The third-order valence-corrected chi connectivity index (χ3v) is 3.85. The van der Waals surface area contributed by atoms with E-state index in [0.717, 1.165) is 24.0 Å². The van der Waals surface area contributed by atoms with E-state index in [-0.39, 0.29) is 23.2 Å². The standard InChI is InChI=1S/C15H16ClNO3/c16-15-7-2-1-6-14(15)12(10-17(19)20)8-11-4-3-5-13(18)9-11/h1-2,6-7,9,12H,3-5,8,10H2/t12-/m0/s1. The molecule has 1 aliphatic rings. The molecule has 1 aromatic rings. The van der Waals surface area contributed by atoms with Crippen LogP contribution in [0.25, 0.3) is 0 Å². The summed E-state index contributed by atoms with van der Waals surface area (Å²) >= 11 is 6.14. The molecular weight excluding hydrogens is 278 g/mol. The van der Waals surface area contributed by atoms with Crippen molar-refractivity contribution in [2.24, 2.45) is 0 Å². The fraction of sp³-hybridized carbons (Fsp3) is 0.400. The van der Waals surface area contributed by atoms with Gasteiger partial charge in [0, 0.05) is 16.4 Å². The van der Waals surface area contributed by atoms with Crippen LogP contribution in [0.2, 0.25) is 5.02 Å². The van der Waals surface area contributed by atoms with Gasteiger partial charge in [0.15, 0.2) is 5.78 Å². The van der Waals surface area contributed by atoms with Crippen LogP contribution in [0, 0.1) is 10.1 Å². The van der Waals surface area contributed by atoms with Crippen molar-refractivity contribution < 1.29 is 9.72 Å². The Morgan fingerprint density at radius 2 is 2.05 bits per heavy atom. The van der Waals surface area contributed by atoms with Gasteiger partial charge < -0.3 is 0 Å². The van der Waals surface area contributed by atoms with Crippen LogP contribution in [0.3, 0.4) is 0 Å². The molecule has 0 radical (unpaired) electrons. The van der Waals surface area contributed by atoms with E-state index in [1.807, 2.05) is 12.1 Å². The van der Waals surface area contributed by atoms with E-state index in [1.54, 1.807) is 18.2 Å². The van der Waals surface area contributed by atoms with Crippen molar-refractivity contribution in [3.05, 3.63) is 56.6 Å². The van der Waals surface area contributed by atoms with E-state index in [1.165, 1.54) is 0 Å². The second-order valence-corrected chi connectivity index (χ2v) is 5.47. The molecule has 4 nitrogen and oxygen atoms in total. The van der Waals surface area contributed by atoms with Crippen molar-refractivity contribution in [2.75, 3.05) is 6.54 Å². The summed E-state index contributed by atoms with van der Waals surface area (Å²) in [6.07, 6.45) is 4.42. The Bertz CT molecular complexity index is 554. The largest absolute Gasteiger partial charge is 0.295 e. The third-order valence-electron chi connectivity index (χ3n) is 3.51. The number of ketones is 1. The van der Waals surface area contributed by atoms with E-state index in [2.05, 4.69) is 0 Å². The van der Waals surface area contributed by atoms with Crippen LogP contribution in [-0.2, 0) is 4.79 Å². The molecule has 0 aromatic heterocycles. The first-order chi connectivity index (χ1) is 9.56. The zero-order chi connectivity index (χ0) is 14.5. The number of allylic oxidation sites excluding steroid dienone is 2. The van der Waals surface area contributed by atoms with Gasteiger partial charge in [0.25, 0.3) is 0 Å². The SMILES string of the molecule is O=C1C=C(C[C@@H](C[N+](=O)[O-])c2ccccc2Cl)CCC1.